The Morgan fingerprint density at radius 2 is 1.67 bits per heavy atom. The normalized spacial score (nSPS) is 10.9. The van der Waals surface area contributed by atoms with Crippen LogP contribution in [0, 0.1) is 6.92 Å². The first-order chi connectivity index (χ1) is 18.8. The van der Waals surface area contributed by atoms with E-state index in [1.165, 1.54) is 11.3 Å². The first kappa shape index (κ1) is 26.9. The molecule has 0 unspecified atom stereocenters. The number of benzene rings is 3. The smallest absolute Gasteiger partial charge is 0.263 e. The quantitative estimate of drug-likeness (QED) is 0.176. The topological polar surface area (TPSA) is 97.1 Å². The number of rotatable bonds is 7. The van der Waals surface area contributed by atoms with Gasteiger partial charge in [0.15, 0.2) is 0 Å². The molecule has 39 heavy (non-hydrogen) atoms. The number of halogens is 2. The van der Waals surface area contributed by atoms with Crippen LogP contribution in [0.2, 0.25) is 5.02 Å². The van der Waals surface area contributed by atoms with E-state index in [4.69, 9.17) is 22.3 Å². The third kappa shape index (κ3) is 5.83. The SMILES string of the molecule is Cc1nc2sc(C(=O)NCCc3ccccc3)c(N)c2c(-c2ccc(Br)cc2)c1C(=O)Nc1ccc(Cl)cc1. The Kier molecular flexibility index (Phi) is 7.97. The number of nitrogens with zero attached hydrogens (tertiary/aromatic N) is 1. The Balaban J connectivity index is 1.56. The van der Waals surface area contributed by atoms with Crippen LogP contribution in [0.5, 0.6) is 0 Å². The number of nitrogens with one attached hydrogen (secondary N) is 2. The van der Waals surface area contributed by atoms with Crippen LogP contribution < -0.4 is 16.4 Å². The maximum Gasteiger partial charge on any atom is 0.263 e. The molecule has 3 aromatic carbocycles. The van der Waals surface area contributed by atoms with Crippen molar-refractivity contribution in [1.82, 2.24) is 10.3 Å². The summed E-state index contributed by atoms with van der Waals surface area (Å²) in [5.74, 6) is -0.598. The zero-order chi connectivity index (χ0) is 27.5. The maximum atomic E-state index is 13.6. The van der Waals surface area contributed by atoms with E-state index in [1.54, 1.807) is 31.2 Å². The van der Waals surface area contributed by atoms with E-state index in [0.717, 1.165) is 15.6 Å². The molecule has 0 aliphatic heterocycles. The summed E-state index contributed by atoms with van der Waals surface area (Å²) >= 11 is 10.7. The average Bonchev–Trinajstić information content (AvgIpc) is 3.26. The van der Waals surface area contributed by atoms with Crippen molar-refractivity contribution in [3.8, 4) is 11.1 Å². The summed E-state index contributed by atoms with van der Waals surface area (Å²) in [5.41, 5.74) is 11.0. The highest BCUT2D eigenvalue weighted by Crippen LogP contribution is 2.42. The molecular weight excluding hydrogens is 596 g/mol. The van der Waals surface area contributed by atoms with Crippen molar-refractivity contribution in [2.24, 2.45) is 0 Å². The molecule has 2 amide bonds. The molecule has 2 heterocycles. The molecule has 0 spiro atoms. The highest BCUT2D eigenvalue weighted by atomic mass is 79.9. The summed E-state index contributed by atoms with van der Waals surface area (Å²) in [6, 6.07) is 24.5. The van der Waals surface area contributed by atoms with E-state index < -0.39 is 0 Å². The molecule has 0 bridgehead atoms. The number of hydrogen-bond donors (Lipinski definition) is 3. The molecule has 0 aliphatic carbocycles. The van der Waals surface area contributed by atoms with Gasteiger partial charge in [0.1, 0.15) is 9.71 Å². The third-order valence-electron chi connectivity index (χ3n) is 6.27. The Hall–Kier alpha value is -3.72. The van der Waals surface area contributed by atoms with E-state index in [1.807, 2.05) is 54.6 Å². The van der Waals surface area contributed by atoms with Gasteiger partial charge in [-0.2, -0.15) is 0 Å². The molecule has 196 valence electrons. The van der Waals surface area contributed by atoms with Crippen molar-refractivity contribution in [2.45, 2.75) is 13.3 Å². The molecule has 0 saturated carbocycles. The minimum atomic E-state index is -0.332. The minimum absolute atomic E-state index is 0.266. The Morgan fingerprint density at radius 3 is 2.36 bits per heavy atom. The molecule has 5 aromatic rings. The summed E-state index contributed by atoms with van der Waals surface area (Å²) < 4.78 is 0.900. The summed E-state index contributed by atoms with van der Waals surface area (Å²) in [5, 5.41) is 7.07. The van der Waals surface area contributed by atoms with Crippen LogP contribution in [0.4, 0.5) is 11.4 Å². The van der Waals surface area contributed by atoms with Gasteiger partial charge in [-0.3, -0.25) is 9.59 Å². The van der Waals surface area contributed by atoms with Crippen molar-refractivity contribution < 1.29 is 9.59 Å². The number of amides is 2. The van der Waals surface area contributed by atoms with Gasteiger partial charge < -0.3 is 16.4 Å². The van der Waals surface area contributed by atoms with Crippen molar-refractivity contribution in [3.05, 3.63) is 110 Å². The van der Waals surface area contributed by atoms with Crippen molar-refractivity contribution in [2.75, 3.05) is 17.6 Å². The molecule has 0 fully saturated rings. The zero-order valence-corrected chi connectivity index (χ0v) is 24.1. The minimum Gasteiger partial charge on any atom is -0.397 e. The molecule has 5 rings (SSSR count). The second kappa shape index (κ2) is 11.6. The Labute approximate surface area is 243 Å². The van der Waals surface area contributed by atoms with Gasteiger partial charge in [0.25, 0.3) is 11.8 Å². The Morgan fingerprint density at radius 1 is 0.974 bits per heavy atom. The molecule has 0 aliphatic rings. The first-order valence-electron chi connectivity index (χ1n) is 12.2. The molecule has 6 nitrogen and oxygen atoms in total. The van der Waals surface area contributed by atoms with E-state index in [-0.39, 0.29) is 11.8 Å². The van der Waals surface area contributed by atoms with Crippen LogP contribution >= 0.6 is 38.9 Å². The van der Waals surface area contributed by atoms with Gasteiger partial charge in [0, 0.05) is 32.7 Å². The number of thiophene rings is 1. The van der Waals surface area contributed by atoms with Gasteiger partial charge in [-0.15, -0.1) is 11.3 Å². The predicted molar refractivity (Wildman–Crippen MR) is 164 cm³/mol. The lowest BCUT2D eigenvalue weighted by atomic mass is 9.94. The number of aryl methyl sites for hydroxylation is 1. The number of pyridine rings is 1. The lowest BCUT2D eigenvalue weighted by Gasteiger charge is -2.15. The summed E-state index contributed by atoms with van der Waals surface area (Å²) in [6.07, 6.45) is 0.702. The van der Waals surface area contributed by atoms with Gasteiger partial charge >= 0.3 is 0 Å². The number of carbonyl (C=O) groups is 2. The molecule has 2 aromatic heterocycles. The number of aromatic nitrogens is 1. The van der Waals surface area contributed by atoms with Crippen LogP contribution in [0.1, 0.15) is 31.3 Å². The number of nitrogens with two attached hydrogens (primary N) is 1. The number of carbonyl (C=O) groups excluding carboxylic acids is 2. The highest BCUT2D eigenvalue weighted by Gasteiger charge is 2.26. The van der Waals surface area contributed by atoms with Crippen LogP contribution in [0.3, 0.4) is 0 Å². The molecular formula is C30H24BrClN4O2S. The Bertz CT molecular complexity index is 1670. The van der Waals surface area contributed by atoms with E-state index in [0.29, 0.717) is 61.3 Å². The third-order valence-corrected chi connectivity index (χ3v) is 8.15. The van der Waals surface area contributed by atoms with Crippen LogP contribution in [-0.2, 0) is 6.42 Å². The number of fused-ring (bicyclic) bond motifs is 1. The fourth-order valence-electron chi connectivity index (χ4n) is 4.39. The van der Waals surface area contributed by atoms with Crippen LogP contribution in [0.15, 0.2) is 83.3 Å². The second-order valence-corrected chi connectivity index (χ2v) is 11.3. The molecule has 0 atom stereocenters. The zero-order valence-electron chi connectivity index (χ0n) is 20.9. The molecule has 0 radical (unpaired) electrons. The fourth-order valence-corrected chi connectivity index (χ4v) is 5.85. The number of anilines is 2. The summed E-state index contributed by atoms with van der Waals surface area (Å²) in [7, 11) is 0. The van der Waals surface area contributed by atoms with Crippen molar-refractivity contribution in [3.63, 3.8) is 0 Å². The van der Waals surface area contributed by atoms with Gasteiger partial charge in [-0.05, 0) is 60.9 Å². The predicted octanol–water partition coefficient (Wildman–Crippen LogP) is 7.49. The van der Waals surface area contributed by atoms with Crippen molar-refractivity contribution >= 4 is 72.3 Å². The van der Waals surface area contributed by atoms with E-state index in [9.17, 15) is 9.59 Å². The monoisotopic (exact) mass is 618 g/mol. The highest BCUT2D eigenvalue weighted by molar-refractivity contribution is 9.10. The fraction of sp³-hybridized carbons (Fsp3) is 0.100. The molecule has 4 N–H and O–H groups in total. The van der Waals surface area contributed by atoms with E-state index in [2.05, 4.69) is 26.6 Å². The van der Waals surface area contributed by atoms with Crippen molar-refractivity contribution in [1.29, 1.82) is 0 Å². The van der Waals surface area contributed by atoms with Gasteiger partial charge in [0.05, 0.1) is 16.9 Å². The molecule has 9 heteroatoms. The van der Waals surface area contributed by atoms with E-state index >= 15 is 0 Å². The first-order valence-corrected chi connectivity index (χ1v) is 14.2. The largest absolute Gasteiger partial charge is 0.397 e. The summed E-state index contributed by atoms with van der Waals surface area (Å²) in [6.45, 7) is 2.26. The average molecular weight is 620 g/mol. The maximum absolute atomic E-state index is 13.6. The second-order valence-electron chi connectivity index (χ2n) is 8.93. The molecule has 0 saturated heterocycles. The van der Waals surface area contributed by atoms with Gasteiger partial charge in [-0.1, -0.05) is 70.0 Å². The van der Waals surface area contributed by atoms with Gasteiger partial charge in [-0.25, -0.2) is 4.98 Å². The van der Waals surface area contributed by atoms with Gasteiger partial charge in [0.2, 0.25) is 0 Å². The van der Waals surface area contributed by atoms with Crippen LogP contribution in [0.25, 0.3) is 21.3 Å². The standard InChI is InChI=1S/C30H24BrClN4O2S/c1-17-23(28(37)36-22-13-11-21(32)12-14-22)24(19-7-9-20(31)10-8-19)25-26(33)27(39-30(25)35-17)29(38)34-16-15-18-5-3-2-4-6-18/h2-14H,15-16,33H2,1H3,(H,34,38)(H,36,37). The van der Waals surface area contributed by atoms with Crippen LogP contribution in [-0.4, -0.2) is 23.3 Å². The lowest BCUT2D eigenvalue weighted by Crippen LogP contribution is -2.25. The number of hydrogen-bond acceptors (Lipinski definition) is 5. The lowest BCUT2D eigenvalue weighted by molar-refractivity contribution is 0.0958. The summed E-state index contributed by atoms with van der Waals surface area (Å²) in [4.78, 5) is 32.5. The number of nitrogen functional groups attached to an aromatic ring is 1.